The van der Waals surface area contributed by atoms with Crippen LogP contribution in [0.15, 0.2) is 29.4 Å². The molecule has 1 saturated heterocycles. The summed E-state index contributed by atoms with van der Waals surface area (Å²) in [6.07, 6.45) is 1.31. The van der Waals surface area contributed by atoms with E-state index in [2.05, 4.69) is 23.8 Å². The summed E-state index contributed by atoms with van der Waals surface area (Å²) in [6, 6.07) is 4.89. The Labute approximate surface area is 165 Å². The van der Waals surface area contributed by atoms with Crippen LogP contribution in [0.1, 0.15) is 26.7 Å². The fourth-order valence-electron chi connectivity index (χ4n) is 3.49. The van der Waals surface area contributed by atoms with Crippen molar-refractivity contribution in [3.63, 3.8) is 0 Å². The highest BCUT2D eigenvalue weighted by atomic mass is 19.1. The Hall–Kier alpha value is -2.48. The van der Waals surface area contributed by atoms with Gasteiger partial charge in [0.1, 0.15) is 17.6 Å². The molecule has 0 saturated carbocycles. The first-order valence-corrected chi connectivity index (χ1v) is 9.78. The van der Waals surface area contributed by atoms with Crippen molar-refractivity contribution < 1.29 is 14.0 Å². The molecule has 2 amide bonds. The lowest BCUT2D eigenvalue weighted by molar-refractivity contribution is -0.125. The molecular weight excluding hydrogens is 361 g/mol. The number of carbonyl (C=O) groups excluding carboxylic acids is 2. The second kappa shape index (κ2) is 8.68. The van der Waals surface area contributed by atoms with Crippen LogP contribution in [-0.2, 0) is 9.59 Å². The van der Waals surface area contributed by atoms with Crippen LogP contribution in [0, 0.1) is 11.7 Å². The van der Waals surface area contributed by atoms with E-state index in [0.717, 1.165) is 26.1 Å². The minimum atomic E-state index is -0.739. The van der Waals surface area contributed by atoms with Crippen LogP contribution in [0.2, 0.25) is 0 Å². The summed E-state index contributed by atoms with van der Waals surface area (Å²) >= 11 is 0. The van der Waals surface area contributed by atoms with Crippen LogP contribution in [0.5, 0.6) is 0 Å². The fourth-order valence-corrected chi connectivity index (χ4v) is 3.49. The zero-order valence-electron chi connectivity index (χ0n) is 16.5. The van der Waals surface area contributed by atoms with Crippen LogP contribution >= 0.6 is 0 Å². The Morgan fingerprint density at radius 3 is 2.39 bits per heavy atom. The largest absolute Gasteiger partial charge is 0.368 e. The number of rotatable bonds is 6. The highest BCUT2D eigenvalue weighted by molar-refractivity contribution is 6.40. The third-order valence-electron chi connectivity index (χ3n) is 5.26. The fraction of sp³-hybridized carbons (Fsp3) is 0.550. The zero-order valence-corrected chi connectivity index (χ0v) is 16.5. The lowest BCUT2D eigenvalue weighted by Crippen LogP contribution is -2.50. The van der Waals surface area contributed by atoms with Gasteiger partial charge in [-0.05, 0) is 43.1 Å². The second-order valence-corrected chi connectivity index (χ2v) is 7.81. The van der Waals surface area contributed by atoms with Gasteiger partial charge in [0, 0.05) is 32.6 Å². The molecule has 7 nitrogen and oxygen atoms in total. The summed E-state index contributed by atoms with van der Waals surface area (Å²) < 4.78 is 13.2. The topological polar surface area (TPSA) is 82.2 Å². The van der Waals surface area contributed by atoms with E-state index in [0.29, 0.717) is 30.4 Å². The van der Waals surface area contributed by atoms with E-state index in [-0.39, 0.29) is 18.1 Å². The molecule has 28 heavy (non-hydrogen) atoms. The molecule has 2 heterocycles. The van der Waals surface area contributed by atoms with Crippen molar-refractivity contribution >= 4 is 23.2 Å². The van der Waals surface area contributed by atoms with E-state index >= 15 is 0 Å². The van der Waals surface area contributed by atoms with Crippen LogP contribution < -0.4 is 10.7 Å². The van der Waals surface area contributed by atoms with Crippen molar-refractivity contribution in [1.29, 1.82) is 0 Å². The van der Waals surface area contributed by atoms with E-state index in [1.165, 1.54) is 29.3 Å². The molecule has 152 valence electrons. The van der Waals surface area contributed by atoms with Crippen molar-refractivity contribution in [2.75, 3.05) is 37.7 Å². The summed E-state index contributed by atoms with van der Waals surface area (Å²) in [5, 5.41) is 5.79. The molecule has 0 aliphatic carbocycles. The Morgan fingerprint density at radius 1 is 1.18 bits per heavy atom. The van der Waals surface area contributed by atoms with Gasteiger partial charge in [-0.2, -0.15) is 5.10 Å². The minimum absolute atomic E-state index is 0.153. The van der Waals surface area contributed by atoms with Crippen LogP contribution in [0.3, 0.4) is 0 Å². The number of benzene rings is 1. The number of carbonyl (C=O) groups is 2. The summed E-state index contributed by atoms with van der Waals surface area (Å²) in [4.78, 5) is 28.9. The predicted molar refractivity (Wildman–Crippen MR) is 106 cm³/mol. The maximum atomic E-state index is 13.2. The molecule has 1 fully saturated rings. The first-order chi connectivity index (χ1) is 13.3. The monoisotopic (exact) mass is 389 g/mol. The van der Waals surface area contributed by atoms with Crippen molar-refractivity contribution in [1.82, 2.24) is 9.80 Å². The zero-order chi connectivity index (χ0) is 20.3. The molecule has 1 atom stereocenters. The molecule has 2 aliphatic heterocycles. The maximum absolute atomic E-state index is 13.2. The molecule has 8 heteroatoms. The number of anilines is 1. The number of amides is 2. The average molecular weight is 389 g/mol. The van der Waals surface area contributed by atoms with E-state index in [4.69, 9.17) is 5.73 Å². The highest BCUT2D eigenvalue weighted by Gasteiger charge is 2.37. The van der Waals surface area contributed by atoms with Gasteiger partial charge in [-0.1, -0.05) is 13.8 Å². The normalized spacial score (nSPS) is 20.6. The van der Waals surface area contributed by atoms with Crippen LogP contribution in [0.4, 0.5) is 10.1 Å². The van der Waals surface area contributed by atoms with Gasteiger partial charge in [0.15, 0.2) is 0 Å². The van der Waals surface area contributed by atoms with Gasteiger partial charge >= 0.3 is 0 Å². The van der Waals surface area contributed by atoms with Gasteiger partial charge < -0.3 is 10.6 Å². The molecule has 3 rings (SSSR count). The van der Waals surface area contributed by atoms with Crippen molar-refractivity contribution in [2.45, 2.75) is 32.7 Å². The molecule has 0 aromatic heterocycles. The summed E-state index contributed by atoms with van der Waals surface area (Å²) in [6.45, 7) is 8.43. The smallest absolute Gasteiger partial charge is 0.270 e. The third kappa shape index (κ3) is 4.67. The number of nitrogens with zero attached hydrogens (tertiary/aromatic N) is 4. The Balaban J connectivity index is 1.66. The van der Waals surface area contributed by atoms with E-state index in [9.17, 15) is 14.0 Å². The number of piperazine rings is 1. The summed E-state index contributed by atoms with van der Waals surface area (Å²) in [7, 11) is 0. The van der Waals surface area contributed by atoms with Gasteiger partial charge in [0.2, 0.25) is 5.91 Å². The molecule has 0 radical (unpaired) electrons. The van der Waals surface area contributed by atoms with Crippen molar-refractivity contribution in [3.8, 4) is 0 Å². The molecule has 2 aliphatic rings. The molecule has 0 bridgehead atoms. The average Bonchev–Trinajstić information content (AvgIpc) is 3.12. The van der Waals surface area contributed by atoms with Crippen molar-refractivity contribution in [3.05, 3.63) is 30.1 Å². The third-order valence-corrected chi connectivity index (χ3v) is 5.26. The first-order valence-electron chi connectivity index (χ1n) is 9.78. The number of nitrogens with two attached hydrogens (primary N) is 1. The second-order valence-electron chi connectivity index (χ2n) is 7.81. The van der Waals surface area contributed by atoms with Gasteiger partial charge in [-0.15, -0.1) is 0 Å². The van der Waals surface area contributed by atoms with Gasteiger partial charge in [0.05, 0.1) is 5.69 Å². The summed E-state index contributed by atoms with van der Waals surface area (Å²) in [5.74, 6) is -0.432. The molecule has 0 spiro atoms. The molecular formula is C20H28FN5O2. The lowest BCUT2D eigenvalue weighted by Gasteiger charge is -2.34. The van der Waals surface area contributed by atoms with Gasteiger partial charge in [-0.3, -0.25) is 19.5 Å². The lowest BCUT2D eigenvalue weighted by atomic mass is 10.1. The Morgan fingerprint density at radius 2 is 1.82 bits per heavy atom. The van der Waals surface area contributed by atoms with Crippen LogP contribution in [-0.4, -0.2) is 66.1 Å². The maximum Gasteiger partial charge on any atom is 0.270 e. The highest BCUT2D eigenvalue weighted by Crippen LogP contribution is 2.25. The number of hydrogen-bond acceptors (Lipinski definition) is 5. The summed E-state index contributed by atoms with van der Waals surface area (Å²) in [5.41, 5.74) is 6.37. The number of hydrogen-bond donors (Lipinski definition) is 1. The van der Waals surface area contributed by atoms with Crippen molar-refractivity contribution in [2.24, 2.45) is 16.8 Å². The van der Waals surface area contributed by atoms with Gasteiger partial charge in [-0.25, -0.2) is 4.39 Å². The minimum Gasteiger partial charge on any atom is -0.368 e. The SMILES string of the molecule is CC(C)CCN1CCN(C(=O)C2=NN(c3ccc(F)cc3)C(C(N)=O)C2)CC1. The van der Waals surface area contributed by atoms with Gasteiger partial charge in [0.25, 0.3) is 5.91 Å². The standard InChI is InChI=1S/C20H28FN5O2/c1-14(2)7-8-24-9-11-25(12-10-24)20(28)17-13-18(19(22)27)26(23-17)16-5-3-15(21)4-6-16/h3-6,14,18H,7-13H2,1-2H3,(H2,22,27). The van der Waals surface area contributed by atoms with E-state index in [1.807, 2.05) is 0 Å². The van der Waals surface area contributed by atoms with E-state index < -0.39 is 11.9 Å². The number of hydrazone groups is 1. The Bertz CT molecular complexity index is 741. The number of primary amides is 1. The first kappa shape index (κ1) is 20.3. The molecule has 2 N–H and O–H groups in total. The predicted octanol–water partition coefficient (Wildman–Crippen LogP) is 1.44. The quantitative estimate of drug-likeness (QED) is 0.798. The van der Waals surface area contributed by atoms with Crippen LogP contribution in [0.25, 0.3) is 0 Å². The molecule has 1 aromatic carbocycles. The molecule has 1 aromatic rings. The van der Waals surface area contributed by atoms with E-state index in [1.54, 1.807) is 4.90 Å². The molecule has 1 unspecified atom stereocenters. The number of halogens is 1. The Kier molecular flexibility index (Phi) is 6.28.